The number of halogens is 3. The molecule has 0 fully saturated rings. The number of hydrogen-bond acceptors (Lipinski definition) is 3. The van der Waals surface area contributed by atoms with E-state index in [-0.39, 0.29) is 12.1 Å². The van der Waals surface area contributed by atoms with Crippen LogP contribution in [0.5, 0.6) is 0 Å². The number of alkyl halides is 3. The molecular weight excluding hydrogens is 271 g/mol. The first-order valence-corrected chi connectivity index (χ1v) is 5.65. The molecule has 1 N–H and O–H groups in total. The van der Waals surface area contributed by atoms with Gasteiger partial charge in [-0.2, -0.15) is 23.7 Å². The van der Waals surface area contributed by atoms with Crippen molar-refractivity contribution in [1.29, 1.82) is 10.5 Å². The van der Waals surface area contributed by atoms with Crippen LogP contribution in [-0.4, -0.2) is 5.91 Å². The van der Waals surface area contributed by atoms with E-state index < -0.39 is 29.1 Å². The molecule has 1 rings (SSSR count). The average Bonchev–Trinajstić information content (AvgIpc) is 2.39. The Morgan fingerprint density at radius 3 is 2.50 bits per heavy atom. The molecule has 1 aromatic rings. The van der Waals surface area contributed by atoms with Crippen LogP contribution in [0.15, 0.2) is 18.2 Å². The lowest BCUT2D eigenvalue weighted by Crippen LogP contribution is -2.21. The zero-order valence-electron chi connectivity index (χ0n) is 10.5. The Labute approximate surface area is 113 Å². The highest BCUT2D eigenvalue weighted by atomic mass is 19.4. The van der Waals surface area contributed by atoms with Crippen molar-refractivity contribution in [2.45, 2.75) is 19.5 Å². The summed E-state index contributed by atoms with van der Waals surface area (Å²) in [7, 11) is 0. The summed E-state index contributed by atoms with van der Waals surface area (Å²) in [6.45, 7) is 1.62. The molecule has 1 amide bonds. The summed E-state index contributed by atoms with van der Waals surface area (Å²) in [5, 5.41) is 19.6. The Balaban J connectivity index is 3.09. The highest BCUT2D eigenvalue weighted by Gasteiger charge is 2.34. The molecule has 0 aliphatic heterocycles. The first kappa shape index (κ1) is 15.5. The van der Waals surface area contributed by atoms with Crippen molar-refractivity contribution in [1.82, 2.24) is 0 Å². The number of carbonyl (C=O) groups excluding carboxylic acids is 1. The van der Waals surface area contributed by atoms with Gasteiger partial charge in [-0.25, -0.2) is 0 Å². The van der Waals surface area contributed by atoms with Crippen molar-refractivity contribution >= 4 is 11.6 Å². The predicted molar refractivity (Wildman–Crippen MR) is 64.2 cm³/mol. The maximum Gasteiger partial charge on any atom is 0.417 e. The number of amides is 1. The third-order valence-corrected chi connectivity index (χ3v) is 2.59. The summed E-state index contributed by atoms with van der Waals surface area (Å²) in [4.78, 5) is 11.6. The third kappa shape index (κ3) is 3.48. The average molecular weight is 281 g/mol. The maximum atomic E-state index is 12.7. The minimum atomic E-state index is -4.69. The van der Waals surface area contributed by atoms with Crippen LogP contribution in [-0.2, 0) is 11.0 Å². The second kappa shape index (κ2) is 6.07. The maximum absolute atomic E-state index is 12.7. The molecule has 4 nitrogen and oxygen atoms in total. The van der Waals surface area contributed by atoms with Gasteiger partial charge >= 0.3 is 6.18 Å². The fourth-order valence-electron chi connectivity index (χ4n) is 1.52. The number of nitrogens with zero attached hydrogens (tertiary/aromatic N) is 2. The number of nitrogens with one attached hydrogen (secondary N) is 1. The Kier molecular flexibility index (Phi) is 4.71. The van der Waals surface area contributed by atoms with Crippen molar-refractivity contribution in [2.24, 2.45) is 5.92 Å². The van der Waals surface area contributed by atoms with Crippen LogP contribution in [0.4, 0.5) is 18.9 Å². The third-order valence-electron chi connectivity index (χ3n) is 2.59. The topological polar surface area (TPSA) is 76.7 Å². The minimum Gasteiger partial charge on any atom is -0.325 e. The predicted octanol–water partition coefficient (Wildman–Crippen LogP) is 3.07. The Hall–Kier alpha value is -2.54. The van der Waals surface area contributed by atoms with E-state index in [2.05, 4.69) is 5.32 Å². The fraction of sp³-hybridized carbons (Fsp3) is 0.308. The minimum absolute atomic E-state index is 0.102. The monoisotopic (exact) mass is 281 g/mol. The first-order valence-electron chi connectivity index (χ1n) is 5.65. The van der Waals surface area contributed by atoms with Gasteiger partial charge in [-0.3, -0.25) is 4.79 Å². The van der Waals surface area contributed by atoms with E-state index in [9.17, 15) is 18.0 Å². The molecule has 0 radical (unpaired) electrons. The van der Waals surface area contributed by atoms with Gasteiger partial charge in [-0.15, -0.1) is 0 Å². The molecular formula is C13H10F3N3O. The van der Waals surface area contributed by atoms with E-state index in [0.717, 1.165) is 6.07 Å². The van der Waals surface area contributed by atoms with Gasteiger partial charge in [0.2, 0.25) is 5.91 Å². The van der Waals surface area contributed by atoms with E-state index in [1.807, 2.05) is 0 Å². The molecule has 20 heavy (non-hydrogen) atoms. The van der Waals surface area contributed by atoms with E-state index in [0.29, 0.717) is 6.07 Å². The van der Waals surface area contributed by atoms with Crippen molar-refractivity contribution < 1.29 is 18.0 Å². The molecule has 0 aromatic heterocycles. The van der Waals surface area contributed by atoms with Gasteiger partial charge in [0.15, 0.2) is 0 Å². The summed E-state index contributed by atoms with van der Waals surface area (Å²) in [5.74, 6) is -1.60. The standard InChI is InChI=1S/C13H10F3N3O/c1-2-8(6-17)12(20)19-10-4-3-9(7-18)11(5-10)13(14,15)16/h3-5,8H,2H2,1H3,(H,19,20). The number of rotatable bonds is 3. The summed E-state index contributed by atoms with van der Waals surface area (Å²) in [6, 6.07) is 6.04. The molecule has 1 atom stereocenters. The second-order valence-electron chi connectivity index (χ2n) is 3.95. The molecule has 0 saturated carbocycles. The SMILES string of the molecule is CCC(C#N)C(=O)Nc1ccc(C#N)c(C(F)(F)F)c1. The molecule has 0 aliphatic rings. The van der Waals surface area contributed by atoms with Crippen molar-refractivity contribution in [3.05, 3.63) is 29.3 Å². The van der Waals surface area contributed by atoms with Gasteiger partial charge in [-0.05, 0) is 24.6 Å². The van der Waals surface area contributed by atoms with E-state index >= 15 is 0 Å². The fourth-order valence-corrected chi connectivity index (χ4v) is 1.52. The lowest BCUT2D eigenvalue weighted by Gasteiger charge is -2.12. The van der Waals surface area contributed by atoms with Crippen molar-refractivity contribution in [3.63, 3.8) is 0 Å². The zero-order valence-corrected chi connectivity index (χ0v) is 10.5. The zero-order chi connectivity index (χ0) is 15.3. The highest BCUT2D eigenvalue weighted by Crippen LogP contribution is 2.33. The molecule has 0 spiro atoms. The normalized spacial score (nSPS) is 12.1. The number of hydrogen-bond donors (Lipinski definition) is 1. The molecule has 7 heteroatoms. The van der Waals surface area contributed by atoms with Gasteiger partial charge in [0, 0.05) is 5.69 Å². The van der Waals surface area contributed by atoms with Crippen LogP contribution in [0.25, 0.3) is 0 Å². The van der Waals surface area contributed by atoms with Crippen LogP contribution in [0.1, 0.15) is 24.5 Å². The quantitative estimate of drug-likeness (QED) is 0.924. The van der Waals surface area contributed by atoms with Crippen LogP contribution < -0.4 is 5.32 Å². The van der Waals surface area contributed by atoms with Gasteiger partial charge in [0.1, 0.15) is 5.92 Å². The van der Waals surface area contributed by atoms with Crippen molar-refractivity contribution in [3.8, 4) is 12.1 Å². The lowest BCUT2D eigenvalue weighted by atomic mass is 10.1. The number of carbonyl (C=O) groups is 1. The largest absolute Gasteiger partial charge is 0.417 e. The Bertz CT molecular complexity index is 596. The molecule has 0 heterocycles. The molecule has 1 aromatic carbocycles. The highest BCUT2D eigenvalue weighted by molar-refractivity contribution is 5.94. The number of benzene rings is 1. The summed E-state index contributed by atoms with van der Waals surface area (Å²) in [5.41, 5.74) is -1.75. The Morgan fingerprint density at radius 1 is 1.40 bits per heavy atom. The molecule has 104 valence electrons. The van der Waals surface area contributed by atoms with E-state index in [1.54, 1.807) is 13.0 Å². The van der Waals surface area contributed by atoms with Gasteiger partial charge in [-0.1, -0.05) is 6.92 Å². The summed E-state index contributed by atoms with van der Waals surface area (Å²) in [6.07, 6.45) is -4.43. The van der Waals surface area contributed by atoms with Gasteiger partial charge < -0.3 is 5.32 Å². The molecule has 0 aliphatic carbocycles. The molecule has 1 unspecified atom stereocenters. The van der Waals surface area contributed by atoms with Crippen molar-refractivity contribution in [2.75, 3.05) is 5.32 Å². The van der Waals surface area contributed by atoms with E-state index in [4.69, 9.17) is 10.5 Å². The molecule has 0 bridgehead atoms. The van der Waals surface area contributed by atoms with Crippen LogP contribution in [0, 0.1) is 28.6 Å². The number of nitriles is 2. The van der Waals surface area contributed by atoms with Gasteiger partial charge in [0.25, 0.3) is 0 Å². The first-order chi connectivity index (χ1) is 9.33. The lowest BCUT2D eigenvalue weighted by molar-refractivity contribution is -0.137. The van der Waals surface area contributed by atoms with Crippen LogP contribution in [0.2, 0.25) is 0 Å². The summed E-state index contributed by atoms with van der Waals surface area (Å²) >= 11 is 0. The Morgan fingerprint density at radius 2 is 2.05 bits per heavy atom. The van der Waals surface area contributed by atoms with Gasteiger partial charge in [0.05, 0.1) is 23.3 Å². The van der Waals surface area contributed by atoms with E-state index in [1.165, 1.54) is 12.1 Å². The number of anilines is 1. The summed E-state index contributed by atoms with van der Waals surface area (Å²) < 4.78 is 38.2. The van der Waals surface area contributed by atoms with Crippen LogP contribution >= 0.6 is 0 Å². The molecule has 0 saturated heterocycles. The van der Waals surface area contributed by atoms with Crippen LogP contribution in [0.3, 0.4) is 0 Å². The smallest absolute Gasteiger partial charge is 0.325 e. The second-order valence-corrected chi connectivity index (χ2v) is 3.95.